The minimum atomic E-state index is -4.78. The molecule has 10 saturated carbocycles. The number of carbonyl (C=O) groups excluding carboxylic acids is 9. The van der Waals surface area contributed by atoms with Gasteiger partial charge in [0.25, 0.3) is 5.91 Å². The summed E-state index contributed by atoms with van der Waals surface area (Å²) < 4.78 is 89.3. The van der Waals surface area contributed by atoms with Crippen LogP contribution in [0.2, 0.25) is 0 Å². The van der Waals surface area contributed by atoms with Gasteiger partial charge in [-0.05, 0) is 278 Å². The van der Waals surface area contributed by atoms with Crippen molar-refractivity contribution in [1.82, 2.24) is 63.7 Å². The van der Waals surface area contributed by atoms with Gasteiger partial charge in [-0.15, -0.1) is 0 Å². The fourth-order valence-corrected chi connectivity index (χ4v) is 22.6. The molecule has 150 heavy (non-hydrogen) atoms. The molecule has 10 aliphatic carbocycles. The molecule has 0 radical (unpaired) electrons. The molecule has 5 saturated heterocycles. The predicted octanol–water partition coefficient (Wildman–Crippen LogP) is 18.8. The molecule has 2 aromatic rings. The van der Waals surface area contributed by atoms with E-state index in [0.29, 0.717) is 147 Å². The van der Waals surface area contributed by atoms with Gasteiger partial charge in [-0.2, -0.15) is 13.2 Å². The van der Waals surface area contributed by atoms with Crippen molar-refractivity contribution in [1.29, 1.82) is 10.8 Å². The summed E-state index contributed by atoms with van der Waals surface area (Å²) in [4.78, 5) is 135. The number of morpholine rings is 1. The van der Waals surface area contributed by atoms with Crippen molar-refractivity contribution in [3.8, 4) is 11.5 Å². The standard InChI is InChI=1S/C18H25NO3.C15H19FN2O.C15H27NO2.C14H24N2O3.C14H25NO2.C13H20F3N5O.C13H22N2O2.C13H23NO2/c1-3-10-19(14-6-7-14)18(20)12-16-9-5-13-4-8-15(21-2)11-17(13)22-16;1-2-7-18(14-5-6-14)15(19)17-9-11-3-4-13(16)8-12(11)10-17;1-3-9-16(14-7-8-14)15(17)13-6-4-5-12(10-13)11-18-2;1-3-7-16(11-5-6-11)13(17)10-12-14(18)15(4-2)8-9-19-12;1-3-8-15(12-5-6-12)14(16)10-11-4-7-13(9-11)17-2;1-2-5-20(9-3-4-9)12(22)19-6-7-21(10(17)8-19)11(18)13(14,15)16;1-2-5-15(12-3-4-12)13(16)14-6-10-8-17-9-11(10)7-14;1-2-8-14(11-6-7-11)13(15)10-12-5-3-4-9-16-12/h4,8,11,14,16H,3,5-7,9-10,12H2,1-2H3;3-4,8,14H,2,5-7,9-10H2,1H3;12-14H,3-11H2,1-2H3;11-12H,3-10H2,1-2H3;11-13H,3-10H2,1-2H3;9,17-18H,2-8H2,1H3;10-12H,2-9H2,1H3;11-12H,2-10H2,1H3. The van der Waals surface area contributed by atoms with Crippen LogP contribution in [0.3, 0.4) is 0 Å². The number of hydrogen-bond donors (Lipinski definition) is 2. The highest BCUT2D eigenvalue weighted by Gasteiger charge is 2.48. The van der Waals surface area contributed by atoms with Crippen LogP contribution in [0.4, 0.5) is 31.9 Å². The smallest absolute Gasteiger partial charge is 0.449 e. The van der Waals surface area contributed by atoms with Crippen molar-refractivity contribution in [2.45, 2.75) is 411 Å². The number of halogens is 4. The fraction of sp³-hybridized carbons (Fsp3) is 0.800. The number of amides is 12. The Kier molecular flexibility index (Phi) is 47.9. The summed E-state index contributed by atoms with van der Waals surface area (Å²) in [6, 6.07) is 14.7. The maximum atomic E-state index is 13.2. The van der Waals surface area contributed by atoms with E-state index in [1.165, 1.54) is 87.2 Å². The number of amidine groups is 2. The molecule has 7 heterocycles. The van der Waals surface area contributed by atoms with E-state index in [0.717, 1.165) is 275 Å². The maximum absolute atomic E-state index is 13.2. The lowest BCUT2D eigenvalue weighted by molar-refractivity contribution is -0.157. The molecule has 7 aliphatic heterocycles. The summed E-state index contributed by atoms with van der Waals surface area (Å²) in [6.45, 7) is 33.6. The molecule has 2 N–H and O–H groups in total. The minimum absolute atomic E-state index is 0.00906. The molecule has 19 rings (SSSR count). The number of piperazine rings is 1. The van der Waals surface area contributed by atoms with Gasteiger partial charge < -0.3 is 96.9 Å². The van der Waals surface area contributed by atoms with E-state index in [-0.39, 0.29) is 97.7 Å². The molecule has 17 aliphatic rings. The molecule has 12 amide bonds. The third-order valence-corrected chi connectivity index (χ3v) is 31.9. The number of likely N-dealkylation sites (tertiary alicyclic amines) is 1. The zero-order valence-electron chi connectivity index (χ0n) is 93.0. The Bertz CT molecular complexity index is 4590. The summed E-state index contributed by atoms with van der Waals surface area (Å²) in [5, 5.41) is 14.8. The van der Waals surface area contributed by atoms with Gasteiger partial charge in [0.05, 0.1) is 64.9 Å². The second-order valence-corrected chi connectivity index (χ2v) is 44.8. The molecule has 9 unspecified atom stereocenters. The van der Waals surface area contributed by atoms with E-state index in [2.05, 4.69) is 83.9 Å². The van der Waals surface area contributed by atoms with Gasteiger partial charge in [-0.1, -0.05) is 73.9 Å². The van der Waals surface area contributed by atoms with Gasteiger partial charge in [0.1, 0.15) is 35.4 Å². The monoisotopic (exact) mass is 2110 g/mol. The highest BCUT2D eigenvalue weighted by molar-refractivity contribution is 6.03. The summed E-state index contributed by atoms with van der Waals surface area (Å²) in [5.41, 5.74) is 3.22. The van der Waals surface area contributed by atoms with Crippen molar-refractivity contribution in [2.75, 3.05) is 153 Å². The number of fused-ring (bicyclic) bond motifs is 3. The van der Waals surface area contributed by atoms with Crippen LogP contribution in [0.25, 0.3) is 0 Å². The first-order valence-corrected chi connectivity index (χ1v) is 58.3. The molecule has 0 spiro atoms. The Morgan fingerprint density at radius 3 is 1.39 bits per heavy atom. The molecule has 9 atom stereocenters. The lowest BCUT2D eigenvalue weighted by atomic mass is 9.81. The minimum Gasteiger partial charge on any atom is -0.497 e. The van der Waals surface area contributed by atoms with E-state index in [1.54, 1.807) is 43.3 Å². The van der Waals surface area contributed by atoms with Crippen molar-refractivity contribution >= 4 is 65.2 Å². The number of benzene rings is 2. The SMILES string of the molecule is CCCN(C(=O)C1CCCC(COC)C1)C1CC1.CCCN(C(=O)CC1CCC(OC)C1)C1CC1.CCCN(C(=O)CC1CCCCO1)C1CC1.CCCN(C(=O)CC1CCc2ccc(OC)cc2O1)C1CC1.CCCN(C(=O)CC1OCCN(CC)C1=O)C1CC1.CCCN(C(=O)N1CC2COCC2C1)C1CC1.CCCN(C(=O)N1CCN(C(=N)C(F)(F)F)C(=N)C1)C1CC1.CCCN(C(=O)N1Cc2ccc(F)cc2C1)C1CC1. The number of ether oxygens (including phenoxy) is 7. The van der Waals surface area contributed by atoms with E-state index in [1.807, 2.05) is 40.7 Å². The first-order valence-electron chi connectivity index (χ1n) is 58.3. The first-order chi connectivity index (χ1) is 72.4. The Hall–Kier alpha value is -8.67. The van der Waals surface area contributed by atoms with Crippen LogP contribution in [0, 0.1) is 46.2 Å². The molecule has 15 fully saturated rings. The lowest BCUT2D eigenvalue weighted by Crippen LogP contribution is -2.58. The zero-order chi connectivity index (χ0) is 108. The van der Waals surface area contributed by atoms with Crippen molar-refractivity contribution in [3.63, 3.8) is 0 Å². The number of likely N-dealkylation sites (N-methyl/N-ethyl adjacent to an activating group) is 1. The second-order valence-electron chi connectivity index (χ2n) is 44.8. The average molecular weight is 2110 g/mol. The third kappa shape index (κ3) is 36.8. The van der Waals surface area contributed by atoms with E-state index in [4.69, 9.17) is 44.0 Å². The summed E-state index contributed by atoms with van der Waals surface area (Å²) in [6.07, 6.45) is 37.0. The highest BCUT2D eigenvalue weighted by atomic mass is 19.4. The number of nitrogens with zero attached hydrogens (tertiary/aromatic N) is 13. The van der Waals surface area contributed by atoms with E-state index < -0.39 is 18.1 Å². The maximum Gasteiger partial charge on any atom is 0.449 e. The number of urea groups is 3. The zero-order valence-corrected chi connectivity index (χ0v) is 93.0. The van der Waals surface area contributed by atoms with E-state index >= 15 is 0 Å². The van der Waals surface area contributed by atoms with Gasteiger partial charge >= 0.3 is 24.3 Å². The number of alkyl halides is 3. The largest absolute Gasteiger partial charge is 0.497 e. The van der Waals surface area contributed by atoms with Crippen LogP contribution in [-0.4, -0.2) is 360 Å². The molecule has 0 aromatic heterocycles. The van der Waals surface area contributed by atoms with Crippen LogP contribution in [0.1, 0.15) is 329 Å². The highest BCUT2D eigenvalue weighted by Crippen LogP contribution is 2.42. The summed E-state index contributed by atoms with van der Waals surface area (Å²) >= 11 is 0. The van der Waals surface area contributed by atoms with E-state index in [9.17, 15) is 60.7 Å². The van der Waals surface area contributed by atoms with Crippen molar-refractivity contribution in [2.24, 2.45) is 29.6 Å². The Morgan fingerprint density at radius 1 is 0.447 bits per heavy atom. The molecule has 2 aromatic carbocycles. The molecular formula is C115H185F4N15O16. The molecule has 844 valence electrons. The van der Waals surface area contributed by atoms with Crippen LogP contribution >= 0.6 is 0 Å². The van der Waals surface area contributed by atoms with Gasteiger partial charge in [0, 0.05) is 211 Å². The van der Waals surface area contributed by atoms with Gasteiger partial charge in [-0.25, -0.2) is 18.8 Å². The summed E-state index contributed by atoms with van der Waals surface area (Å²) in [7, 11) is 5.20. The number of nitrogens with one attached hydrogen (secondary N) is 2. The van der Waals surface area contributed by atoms with Crippen LogP contribution in [0.5, 0.6) is 11.5 Å². The normalized spacial score (nSPS) is 23.9. The van der Waals surface area contributed by atoms with Crippen molar-refractivity contribution in [3.05, 3.63) is 58.9 Å². The number of aryl methyl sites for hydroxylation is 1. The molecular weight excluding hydrogens is 1920 g/mol. The van der Waals surface area contributed by atoms with Gasteiger partial charge in [0.2, 0.25) is 35.4 Å². The van der Waals surface area contributed by atoms with Gasteiger partial charge in [-0.3, -0.25) is 39.6 Å². The Balaban J connectivity index is 0.000000152. The Morgan fingerprint density at radius 2 is 0.920 bits per heavy atom. The number of rotatable bonds is 38. The Labute approximate surface area is 892 Å². The molecule has 31 nitrogen and oxygen atoms in total. The fourth-order valence-electron chi connectivity index (χ4n) is 22.6. The lowest BCUT2D eigenvalue weighted by Gasteiger charge is -2.38. The van der Waals surface area contributed by atoms with Gasteiger partial charge in [0.15, 0.2) is 0 Å². The van der Waals surface area contributed by atoms with Crippen LogP contribution < -0.4 is 9.47 Å². The molecule has 0 bridgehead atoms. The quantitative estimate of drug-likeness (QED) is 0.0358. The number of carbonyl (C=O) groups is 9. The predicted molar refractivity (Wildman–Crippen MR) is 571 cm³/mol. The first kappa shape index (κ1) is 120. The topological polar surface area (TPSA) is 308 Å². The average Bonchev–Trinajstić information content (AvgIpc) is 1.65. The molecule has 35 heteroatoms. The van der Waals surface area contributed by atoms with Crippen LogP contribution in [0.15, 0.2) is 36.4 Å². The number of hydrogen-bond acceptors (Lipinski definition) is 18. The second kappa shape index (κ2) is 59.9. The summed E-state index contributed by atoms with van der Waals surface area (Å²) in [5.74, 6) is 3.59. The van der Waals surface area contributed by atoms with Crippen molar-refractivity contribution < 1.29 is 93.9 Å². The third-order valence-electron chi connectivity index (χ3n) is 31.9. The van der Waals surface area contributed by atoms with Crippen LogP contribution in [-0.2, 0) is 72.0 Å². The number of methoxy groups -OCH3 is 3.